The van der Waals surface area contributed by atoms with Crippen molar-refractivity contribution in [3.63, 3.8) is 0 Å². The molecule has 0 aromatic carbocycles. The first-order valence-electron chi connectivity index (χ1n) is 2.85. The second-order valence-electron chi connectivity index (χ2n) is 1.72. The highest BCUT2D eigenvalue weighted by Gasteiger charge is 1.72. The van der Waals surface area contributed by atoms with E-state index in [2.05, 4.69) is 18.9 Å². The van der Waals surface area contributed by atoms with E-state index in [0.29, 0.717) is 0 Å². The lowest BCUT2D eigenvalue weighted by Crippen LogP contribution is -1.69. The van der Waals surface area contributed by atoms with Gasteiger partial charge in [-0.25, -0.2) is 0 Å². The molecular weight excluding hydrogens is 128 g/mol. The first kappa shape index (κ1) is 8.44. The fourth-order valence-corrected chi connectivity index (χ4v) is 0.760. The lowest BCUT2D eigenvalue weighted by Gasteiger charge is -1.81. The first-order valence-corrected chi connectivity index (χ1v) is 3.89. The van der Waals surface area contributed by atoms with Crippen molar-refractivity contribution in [2.45, 2.75) is 13.8 Å². The standard InChI is InChI=1S/C8H12S/c1-4-5-6-8(2)7-9-3/h4-7H,3H2,1-2H3/b5-4-,8-6-. The van der Waals surface area contributed by atoms with Gasteiger partial charge in [-0.1, -0.05) is 18.2 Å². The molecule has 0 unspecified atom stereocenters. The van der Waals surface area contributed by atoms with Gasteiger partial charge >= 0.3 is 0 Å². The third kappa shape index (κ3) is 5.31. The van der Waals surface area contributed by atoms with Gasteiger partial charge < -0.3 is 0 Å². The summed E-state index contributed by atoms with van der Waals surface area (Å²) < 4.78 is 0. The summed E-state index contributed by atoms with van der Waals surface area (Å²) in [5.74, 6) is 3.63. The maximum absolute atomic E-state index is 3.63. The molecular formula is C8H12S. The molecule has 0 aliphatic rings. The van der Waals surface area contributed by atoms with Crippen molar-refractivity contribution in [1.82, 2.24) is 0 Å². The summed E-state index contributed by atoms with van der Waals surface area (Å²) in [6, 6.07) is 0. The van der Waals surface area contributed by atoms with Crippen molar-refractivity contribution in [2.24, 2.45) is 0 Å². The number of rotatable bonds is 2. The van der Waals surface area contributed by atoms with Gasteiger partial charge in [0.2, 0.25) is 0 Å². The molecule has 0 nitrogen and oxygen atoms in total. The third-order valence-electron chi connectivity index (χ3n) is 0.821. The fourth-order valence-electron chi connectivity index (χ4n) is 0.419. The lowest BCUT2D eigenvalue weighted by molar-refractivity contribution is 1.62. The van der Waals surface area contributed by atoms with Crippen molar-refractivity contribution in [3.8, 4) is 0 Å². The van der Waals surface area contributed by atoms with Gasteiger partial charge in [-0.3, -0.25) is 0 Å². The van der Waals surface area contributed by atoms with Crippen LogP contribution in [-0.4, -0.2) is 11.2 Å². The lowest BCUT2D eigenvalue weighted by atomic mass is 10.3. The molecule has 0 atom stereocenters. The zero-order valence-corrected chi connectivity index (χ0v) is 6.74. The van der Waals surface area contributed by atoms with Crippen LogP contribution in [0.4, 0.5) is 0 Å². The van der Waals surface area contributed by atoms with Crippen LogP contribution in [0.3, 0.4) is 0 Å². The maximum Gasteiger partial charge on any atom is -0.00705 e. The minimum absolute atomic E-state index is 1.24. The predicted molar refractivity (Wildman–Crippen MR) is 49.3 cm³/mol. The summed E-state index contributed by atoms with van der Waals surface area (Å²) in [7, 11) is 1.48. The molecule has 0 radical (unpaired) electrons. The highest BCUT2D eigenvalue weighted by molar-refractivity contribution is 7.95. The van der Waals surface area contributed by atoms with E-state index in [9.17, 15) is 0 Å². The second-order valence-corrected chi connectivity index (χ2v) is 2.29. The van der Waals surface area contributed by atoms with Gasteiger partial charge in [0, 0.05) is 0 Å². The summed E-state index contributed by atoms with van der Waals surface area (Å²) in [6.07, 6.45) is 6.07. The van der Waals surface area contributed by atoms with Crippen molar-refractivity contribution >= 4 is 22.2 Å². The smallest absolute Gasteiger partial charge is 0.00705 e. The first-order chi connectivity index (χ1) is 4.31. The Hall–Kier alpha value is -0.560. The normalized spacial score (nSPS) is 12.0. The predicted octanol–water partition coefficient (Wildman–Crippen LogP) is 2.48. The Morgan fingerprint density at radius 2 is 2.22 bits per heavy atom. The maximum atomic E-state index is 3.63. The average Bonchev–Trinajstić information content (AvgIpc) is 1.85. The zero-order chi connectivity index (χ0) is 7.11. The summed E-state index contributed by atoms with van der Waals surface area (Å²) in [5, 5.41) is 2.01. The van der Waals surface area contributed by atoms with Gasteiger partial charge in [-0.15, -0.1) is 0 Å². The molecule has 0 bridgehead atoms. The van der Waals surface area contributed by atoms with E-state index >= 15 is 0 Å². The molecule has 0 rings (SSSR count). The van der Waals surface area contributed by atoms with Crippen molar-refractivity contribution in [1.29, 1.82) is 0 Å². The Kier molecular flexibility index (Phi) is 5.23. The summed E-state index contributed by atoms with van der Waals surface area (Å²) >= 11 is 0. The Balaban J connectivity index is 3.99. The van der Waals surface area contributed by atoms with Crippen molar-refractivity contribution < 1.29 is 0 Å². The molecule has 0 saturated heterocycles. The highest BCUT2D eigenvalue weighted by Crippen LogP contribution is 1.88. The monoisotopic (exact) mass is 140 g/mol. The fraction of sp³-hybridized carbons (Fsp3) is 0.250. The van der Waals surface area contributed by atoms with Crippen LogP contribution >= 0.6 is 10.9 Å². The molecule has 0 aromatic heterocycles. The van der Waals surface area contributed by atoms with E-state index in [1.54, 1.807) is 0 Å². The van der Waals surface area contributed by atoms with Crippen LogP contribution in [0.15, 0.2) is 23.8 Å². The Morgan fingerprint density at radius 3 is 2.67 bits per heavy atom. The molecule has 0 aliphatic carbocycles. The van der Waals surface area contributed by atoms with Gasteiger partial charge in [-0.2, -0.15) is 10.9 Å². The van der Waals surface area contributed by atoms with E-state index in [1.165, 1.54) is 16.5 Å². The minimum atomic E-state index is 1.24. The quantitative estimate of drug-likeness (QED) is 0.314. The summed E-state index contributed by atoms with van der Waals surface area (Å²) in [5.41, 5.74) is 1.24. The van der Waals surface area contributed by atoms with Gasteiger partial charge in [0.05, 0.1) is 0 Å². The molecule has 9 heavy (non-hydrogen) atoms. The Morgan fingerprint density at radius 1 is 1.56 bits per heavy atom. The molecule has 0 aliphatic heterocycles. The molecule has 0 heterocycles. The van der Waals surface area contributed by atoms with Crippen molar-refractivity contribution in [3.05, 3.63) is 23.8 Å². The van der Waals surface area contributed by atoms with Crippen LogP contribution in [-0.2, 0) is 0 Å². The van der Waals surface area contributed by atoms with Crippen LogP contribution in [0.25, 0.3) is 0 Å². The minimum Gasteiger partial charge on any atom is -0.160 e. The summed E-state index contributed by atoms with van der Waals surface area (Å²) in [6.45, 7) is 4.05. The average molecular weight is 140 g/mol. The van der Waals surface area contributed by atoms with Gasteiger partial charge in [-0.05, 0) is 30.7 Å². The van der Waals surface area contributed by atoms with E-state index in [0.717, 1.165) is 0 Å². The molecule has 0 N–H and O–H groups in total. The molecule has 0 spiro atoms. The largest absolute Gasteiger partial charge is 0.160 e. The van der Waals surface area contributed by atoms with Crippen LogP contribution < -0.4 is 0 Å². The van der Waals surface area contributed by atoms with Gasteiger partial charge in [0.15, 0.2) is 0 Å². The number of hydrogen-bond acceptors (Lipinski definition) is 0. The number of allylic oxidation sites excluding steroid dienone is 4. The SMILES string of the molecule is C=S=C/C(C)=C\C=C/C. The Bertz CT molecular complexity index is 169. The van der Waals surface area contributed by atoms with E-state index in [4.69, 9.17) is 0 Å². The van der Waals surface area contributed by atoms with Crippen LogP contribution in [0, 0.1) is 0 Å². The van der Waals surface area contributed by atoms with Crippen LogP contribution in [0.1, 0.15) is 13.8 Å². The highest BCUT2D eigenvalue weighted by atomic mass is 32.1. The molecule has 0 fully saturated rings. The van der Waals surface area contributed by atoms with E-state index in [-0.39, 0.29) is 0 Å². The van der Waals surface area contributed by atoms with E-state index < -0.39 is 0 Å². The molecule has 0 amide bonds. The molecule has 0 aromatic rings. The molecule has 0 saturated carbocycles. The van der Waals surface area contributed by atoms with Gasteiger partial charge in [0.1, 0.15) is 0 Å². The van der Waals surface area contributed by atoms with Gasteiger partial charge in [0.25, 0.3) is 0 Å². The Labute approximate surface area is 60.4 Å². The topological polar surface area (TPSA) is 0 Å². The second kappa shape index (κ2) is 5.57. The zero-order valence-electron chi connectivity index (χ0n) is 5.92. The number of hydrogen-bond donors (Lipinski definition) is 0. The third-order valence-corrected chi connectivity index (χ3v) is 1.36. The summed E-state index contributed by atoms with van der Waals surface area (Å²) in [4.78, 5) is 0. The van der Waals surface area contributed by atoms with Crippen LogP contribution in [0.2, 0.25) is 0 Å². The molecule has 50 valence electrons. The van der Waals surface area contributed by atoms with E-state index in [1.807, 2.05) is 24.4 Å². The van der Waals surface area contributed by atoms with Crippen molar-refractivity contribution in [2.75, 3.05) is 0 Å². The van der Waals surface area contributed by atoms with Crippen LogP contribution in [0.5, 0.6) is 0 Å². The molecule has 1 heteroatoms.